The number of thiophene rings is 1. The lowest BCUT2D eigenvalue weighted by Gasteiger charge is -2.31. The number of ether oxygens (including phenoxy) is 1. The zero-order chi connectivity index (χ0) is 22.6. The van der Waals surface area contributed by atoms with E-state index in [-0.39, 0.29) is 6.04 Å². The van der Waals surface area contributed by atoms with Crippen molar-refractivity contribution in [2.24, 2.45) is 0 Å². The number of likely N-dealkylation sites (tertiary alicyclic amines) is 1. The van der Waals surface area contributed by atoms with Gasteiger partial charge >= 0.3 is 12.1 Å². The van der Waals surface area contributed by atoms with Crippen molar-refractivity contribution in [1.29, 1.82) is 0 Å². The summed E-state index contributed by atoms with van der Waals surface area (Å²) in [6, 6.07) is 7.72. The van der Waals surface area contributed by atoms with Crippen molar-refractivity contribution in [3.63, 3.8) is 0 Å². The summed E-state index contributed by atoms with van der Waals surface area (Å²) in [6.45, 7) is 10.1. The fraction of sp³-hybridized carbons (Fsp3) is 0.435. The number of amides is 1. The Labute approximate surface area is 187 Å². The lowest BCUT2D eigenvalue weighted by molar-refractivity contribution is -0.131. The third-order valence-electron chi connectivity index (χ3n) is 4.81. The number of hydrogen-bond acceptors (Lipinski definition) is 6. The number of carboxylic acids is 1. The molecule has 2 aromatic rings. The van der Waals surface area contributed by atoms with Crippen LogP contribution in [0.4, 0.5) is 10.6 Å². The van der Waals surface area contributed by atoms with Crippen molar-refractivity contribution in [1.82, 2.24) is 9.88 Å². The van der Waals surface area contributed by atoms with Crippen LogP contribution >= 0.6 is 11.3 Å². The first-order valence-electron chi connectivity index (χ1n) is 10.3. The summed E-state index contributed by atoms with van der Waals surface area (Å²) in [5, 5.41) is 8.79. The van der Waals surface area contributed by atoms with Gasteiger partial charge in [0.25, 0.3) is 0 Å². The van der Waals surface area contributed by atoms with Crippen LogP contribution in [0.3, 0.4) is 0 Å². The highest BCUT2D eigenvalue weighted by atomic mass is 32.1. The van der Waals surface area contributed by atoms with E-state index in [9.17, 15) is 9.59 Å². The zero-order valence-corrected chi connectivity index (χ0v) is 19.2. The number of carbonyl (C=O) groups excluding carboxylic acids is 1. The molecule has 8 heteroatoms. The van der Waals surface area contributed by atoms with Gasteiger partial charge in [-0.3, -0.25) is 9.80 Å². The summed E-state index contributed by atoms with van der Waals surface area (Å²) in [7, 11) is 0. The van der Waals surface area contributed by atoms with Crippen molar-refractivity contribution in [3.05, 3.63) is 51.9 Å². The third kappa shape index (κ3) is 6.63. The lowest BCUT2D eigenvalue weighted by atomic mass is 10.2. The quantitative estimate of drug-likeness (QED) is 0.659. The van der Waals surface area contributed by atoms with E-state index in [0.29, 0.717) is 11.4 Å². The second-order valence-corrected chi connectivity index (χ2v) is 10.0. The number of carbonyl (C=O) groups is 2. The number of carboxylic acid groups (broad SMARTS) is 1. The van der Waals surface area contributed by atoms with Crippen LogP contribution in [0.5, 0.6) is 0 Å². The Morgan fingerprint density at radius 1 is 1.32 bits per heavy atom. The molecule has 0 bridgehead atoms. The molecule has 0 unspecified atom stereocenters. The molecule has 1 fully saturated rings. The maximum Gasteiger partial charge on any atom is 0.416 e. The zero-order valence-electron chi connectivity index (χ0n) is 18.4. The maximum atomic E-state index is 13.1. The van der Waals surface area contributed by atoms with Crippen molar-refractivity contribution >= 4 is 35.3 Å². The summed E-state index contributed by atoms with van der Waals surface area (Å²) in [6.07, 6.45) is 4.49. The normalized spacial score (nSPS) is 17.2. The molecule has 2 aromatic heterocycles. The minimum absolute atomic E-state index is 0.0520. The van der Waals surface area contributed by atoms with E-state index in [2.05, 4.69) is 28.9 Å². The summed E-state index contributed by atoms with van der Waals surface area (Å²) in [4.78, 5) is 34.8. The maximum absolute atomic E-state index is 13.1. The Morgan fingerprint density at radius 3 is 2.68 bits per heavy atom. The molecule has 1 N–H and O–H groups in total. The molecule has 0 saturated carbocycles. The van der Waals surface area contributed by atoms with Gasteiger partial charge in [0.15, 0.2) is 0 Å². The van der Waals surface area contributed by atoms with Crippen LogP contribution in [0.15, 0.2) is 36.5 Å². The van der Waals surface area contributed by atoms with Gasteiger partial charge in [-0.05, 0) is 70.0 Å². The Kier molecular flexibility index (Phi) is 7.12. The molecular weight excluding hydrogens is 414 g/mol. The van der Waals surface area contributed by atoms with Gasteiger partial charge in [0, 0.05) is 41.7 Å². The molecular formula is C23H29N3O4S. The van der Waals surface area contributed by atoms with E-state index in [4.69, 9.17) is 9.84 Å². The topological polar surface area (TPSA) is 83.0 Å². The third-order valence-corrected chi connectivity index (χ3v) is 5.80. The van der Waals surface area contributed by atoms with E-state index >= 15 is 0 Å². The van der Waals surface area contributed by atoms with E-state index in [0.717, 1.165) is 32.1 Å². The molecule has 1 aliphatic rings. The van der Waals surface area contributed by atoms with E-state index in [1.165, 1.54) is 15.8 Å². The summed E-state index contributed by atoms with van der Waals surface area (Å²) < 4.78 is 5.67. The number of hydrogen-bond donors (Lipinski definition) is 1. The van der Waals surface area contributed by atoms with Gasteiger partial charge in [0.1, 0.15) is 11.4 Å². The van der Waals surface area contributed by atoms with Crippen molar-refractivity contribution < 1.29 is 19.4 Å². The van der Waals surface area contributed by atoms with E-state index in [1.807, 2.05) is 20.8 Å². The Hall–Kier alpha value is -2.71. The molecule has 1 atom stereocenters. The smallest absolute Gasteiger partial charge is 0.416 e. The predicted molar refractivity (Wildman–Crippen MR) is 122 cm³/mol. The summed E-state index contributed by atoms with van der Waals surface area (Å²) in [5.74, 6) is -0.521. The van der Waals surface area contributed by atoms with Crippen molar-refractivity contribution in [3.8, 4) is 0 Å². The first-order chi connectivity index (χ1) is 14.6. The Bertz CT molecular complexity index is 946. The first-order valence-corrected chi connectivity index (χ1v) is 11.1. The number of rotatable bonds is 6. The minimum Gasteiger partial charge on any atom is -0.478 e. The highest BCUT2D eigenvalue weighted by Gasteiger charge is 2.35. The van der Waals surface area contributed by atoms with E-state index < -0.39 is 17.7 Å². The van der Waals surface area contributed by atoms with Gasteiger partial charge in [-0.25, -0.2) is 14.6 Å². The monoisotopic (exact) mass is 443 g/mol. The fourth-order valence-electron chi connectivity index (χ4n) is 3.50. The molecule has 0 aliphatic carbocycles. The molecule has 3 heterocycles. The average molecular weight is 444 g/mol. The minimum atomic E-state index is -1.02. The number of nitrogens with zero attached hydrogens (tertiary/aromatic N) is 3. The van der Waals surface area contributed by atoms with Crippen LogP contribution in [-0.4, -0.2) is 51.8 Å². The van der Waals surface area contributed by atoms with Gasteiger partial charge in [-0.1, -0.05) is 0 Å². The first kappa shape index (κ1) is 23.0. The molecule has 0 spiro atoms. The second kappa shape index (κ2) is 9.62. The van der Waals surface area contributed by atoms with Gasteiger partial charge in [-0.15, -0.1) is 11.3 Å². The molecule has 0 radical (unpaired) electrons. The number of aromatic nitrogens is 1. The molecule has 0 aromatic carbocycles. The molecule has 1 amide bonds. The average Bonchev–Trinajstić information content (AvgIpc) is 3.29. The van der Waals surface area contributed by atoms with Crippen molar-refractivity contribution in [2.75, 3.05) is 18.0 Å². The summed E-state index contributed by atoms with van der Waals surface area (Å²) in [5.41, 5.74) is 0.0307. The fourth-order valence-corrected chi connectivity index (χ4v) is 4.44. The molecule has 31 heavy (non-hydrogen) atoms. The Morgan fingerprint density at radius 2 is 2.10 bits per heavy atom. The van der Waals surface area contributed by atoms with Crippen LogP contribution in [0.1, 0.15) is 42.5 Å². The number of anilines is 1. The van der Waals surface area contributed by atoms with Gasteiger partial charge in [0.2, 0.25) is 0 Å². The van der Waals surface area contributed by atoms with Gasteiger partial charge in [-0.2, -0.15) is 0 Å². The molecule has 7 nitrogen and oxygen atoms in total. The number of pyridine rings is 1. The highest BCUT2D eigenvalue weighted by Crippen LogP contribution is 2.27. The van der Waals surface area contributed by atoms with Crippen LogP contribution in [0.25, 0.3) is 6.08 Å². The second-order valence-electron chi connectivity index (χ2n) is 8.66. The highest BCUT2D eigenvalue weighted by molar-refractivity contribution is 7.11. The van der Waals surface area contributed by atoms with Crippen LogP contribution in [-0.2, 0) is 16.1 Å². The number of aliphatic carboxylic acids is 1. The standard InChI is InChI=1S/C23H29N3O4S/c1-16-5-8-19(31-16)15-25-12-11-18(14-25)26(22(29)30-23(2,3)4)20-9-6-17(13-24-20)7-10-21(27)28/h5-10,13,18H,11-12,14-15H2,1-4H3,(H,27,28)/t18-/m1/s1. The lowest BCUT2D eigenvalue weighted by Crippen LogP contribution is -2.45. The number of aryl methyl sites for hydroxylation is 1. The van der Waals surface area contributed by atoms with Crippen LogP contribution < -0.4 is 4.90 Å². The largest absolute Gasteiger partial charge is 0.478 e. The predicted octanol–water partition coefficient (Wildman–Crippen LogP) is 4.57. The molecule has 1 saturated heterocycles. The van der Waals surface area contributed by atoms with E-state index in [1.54, 1.807) is 34.6 Å². The summed E-state index contributed by atoms with van der Waals surface area (Å²) >= 11 is 1.80. The molecule has 166 valence electrons. The van der Waals surface area contributed by atoms with Crippen LogP contribution in [0.2, 0.25) is 0 Å². The molecule has 3 rings (SSSR count). The van der Waals surface area contributed by atoms with Gasteiger partial charge in [0.05, 0.1) is 6.04 Å². The van der Waals surface area contributed by atoms with Crippen LogP contribution in [0, 0.1) is 6.92 Å². The Balaban J connectivity index is 1.78. The SMILES string of the molecule is Cc1ccc(CN2CC[C@@H](N(C(=O)OC(C)(C)C)c3ccc(C=CC(=O)O)cn3)C2)s1. The van der Waals surface area contributed by atoms with Crippen molar-refractivity contribution in [2.45, 2.75) is 52.3 Å². The molecule has 1 aliphatic heterocycles. The van der Waals surface area contributed by atoms with Gasteiger partial charge < -0.3 is 9.84 Å².